The first-order valence-electron chi connectivity index (χ1n) is 5.52. The van der Waals surface area contributed by atoms with Gasteiger partial charge in [-0.15, -0.1) is 0 Å². The average Bonchev–Trinajstić information content (AvgIpc) is 2.97. The minimum absolute atomic E-state index is 0.120. The molecule has 2 N–H and O–H groups in total. The zero-order chi connectivity index (χ0) is 12.5. The molecule has 0 aliphatic rings. The van der Waals surface area contributed by atoms with Crippen LogP contribution in [0.5, 0.6) is 0 Å². The first-order chi connectivity index (χ1) is 8.74. The Hall–Kier alpha value is -2.14. The number of carbonyl (C=O) groups is 1. The van der Waals surface area contributed by atoms with Crippen molar-refractivity contribution < 1.29 is 4.79 Å². The summed E-state index contributed by atoms with van der Waals surface area (Å²) in [4.78, 5) is 11.0. The van der Waals surface area contributed by atoms with Gasteiger partial charge in [-0.25, -0.2) is 0 Å². The number of nitrogens with one attached hydrogen (secondary N) is 2. The van der Waals surface area contributed by atoms with Crippen molar-refractivity contribution in [1.29, 1.82) is 0 Å². The van der Waals surface area contributed by atoms with Gasteiger partial charge in [0.2, 0.25) is 5.91 Å². The van der Waals surface area contributed by atoms with Crippen molar-refractivity contribution in [3.63, 3.8) is 0 Å². The highest BCUT2D eigenvalue weighted by Crippen LogP contribution is 2.28. The highest BCUT2D eigenvalue weighted by atomic mass is 32.1. The molecule has 3 rings (SSSR count). The van der Waals surface area contributed by atoms with Gasteiger partial charge in [0.15, 0.2) is 5.82 Å². The quantitative estimate of drug-likeness (QED) is 0.740. The zero-order valence-electron chi connectivity index (χ0n) is 9.73. The number of benzene rings is 1. The van der Waals surface area contributed by atoms with Gasteiger partial charge in [0.25, 0.3) is 0 Å². The lowest BCUT2D eigenvalue weighted by molar-refractivity contribution is -0.114. The number of anilines is 1. The summed E-state index contributed by atoms with van der Waals surface area (Å²) in [5.41, 5.74) is 3.25. The van der Waals surface area contributed by atoms with Gasteiger partial charge in [0.05, 0.1) is 5.52 Å². The summed E-state index contributed by atoms with van der Waals surface area (Å²) in [6.45, 7) is 1.47. The van der Waals surface area contributed by atoms with E-state index in [1.165, 1.54) is 12.5 Å². The number of hydrogen-bond acceptors (Lipinski definition) is 3. The van der Waals surface area contributed by atoms with E-state index in [0.29, 0.717) is 5.82 Å². The van der Waals surface area contributed by atoms with Crippen LogP contribution in [-0.4, -0.2) is 16.1 Å². The predicted molar refractivity (Wildman–Crippen MR) is 73.7 cm³/mol. The third kappa shape index (κ3) is 1.89. The molecule has 4 nitrogen and oxygen atoms in total. The molecule has 2 aromatic heterocycles. The molecule has 0 atom stereocenters. The Bertz CT molecular complexity index is 700. The Labute approximate surface area is 108 Å². The first-order valence-corrected chi connectivity index (χ1v) is 6.46. The monoisotopic (exact) mass is 257 g/mol. The maximum atomic E-state index is 11.0. The average molecular weight is 257 g/mol. The van der Waals surface area contributed by atoms with Crippen LogP contribution in [0.25, 0.3) is 22.0 Å². The lowest BCUT2D eigenvalue weighted by atomic mass is 10.1. The Morgan fingerprint density at radius 1 is 1.33 bits per heavy atom. The van der Waals surface area contributed by atoms with Crippen molar-refractivity contribution in [2.45, 2.75) is 6.92 Å². The van der Waals surface area contributed by atoms with Gasteiger partial charge in [0.1, 0.15) is 0 Å². The van der Waals surface area contributed by atoms with E-state index >= 15 is 0 Å². The third-order valence-corrected chi connectivity index (χ3v) is 3.40. The molecule has 1 aromatic carbocycles. The predicted octanol–water partition coefficient (Wildman–Crippen LogP) is 3.25. The molecule has 18 heavy (non-hydrogen) atoms. The van der Waals surface area contributed by atoms with E-state index in [-0.39, 0.29) is 5.91 Å². The number of rotatable bonds is 2. The Balaban J connectivity index is 2.07. The van der Waals surface area contributed by atoms with Crippen LogP contribution in [0, 0.1) is 0 Å². The SMILES string of the molecule is CC(=O)Nc1n[nH]c2cc(-c3ccsc3)ccc12. The van der Waals surface area contributed by atoms with Crippen LogP contribution >= 0.6 is 11.3 Å². The largest absolute Gasteiger partial charge is 0.309 e. The number of hydrogen-bond donors (Lipinski definition) is 2. The van der Waals surface area contributed by atoms with Crippen LogP contribution in [0.4, 0.5) is 5.82 Å². The minimum atomic E-state index is -0.120. The summed E-state index contributed by atoms with van der Waals surface area (Å²) in [6.07, 6.45) is 0. The van der Waals surface area contributed by atoms with Crippen molar-refractivity contribution in [1.82, 2.24) is 10.2 Å². The molecule has 0 bridgehead atoms. The van der Waals surface area contributed by atoms with Crippen LogP contribution in [0.3, 0.4) is 0 Å². The van der Waals surface area contributed by atoms with Crippen molar-refractivity contribution in [3.8, 4) is 11.1 Å². The molecule has 0 aliphatic carbocycles. The van der Waals surface area contributed by atoms with Crippen LogP contribution in [-0.2, 0) is 4.79 Å². The lowest BCUT2D eigenvalue weighted by Gasteiger charge is -1.99. The van der Waals surface area contributed by atoms with Gasteiger partial charge in [0, 0.05) is 12.3 Å². The van der Waals surface area contributed by atoms with E-state index in [1.54, 1.807) is 11.3 Å². The minimum Gasteiger partial charge on any atom is -0.309 e. The van der Waals surface area contributed by atoms with Crippen molar-refractivity contribution in [3.05, 3.63) is 35.0 Å². The molecule has 5 heteroatoms. The molecule has 1 amide bonds. The molecule has 0 saturated carbocycles. The van der Waals surface area contributed by atoms with Gasteiger partial charge in [-0.1, -0.05) is 6.07 Å². The molecule has 0 fully saturated rings. The maximum Gasteiger partial charge on any atom is 0.222 e. The highest BCUT2D eigenvalue weighted by molar-refractivity contribution is 7.08. The number of amides is 1. The molecule has 0 unspecified atom stereocenters. The summed E-state index contributed by atoms with van der Waals surface area (Å²) < 4.78 is 0. The van der Waals surface area contributed by atoms with Crippen LogP contribution in [0.2, 0.25) is 0 Å². The van der Waals surface area contributed by atoms with Gasteiger partial charge in [-0.3, -0.25) is 9.89 Å². The summed E-state index contributed by atoms with van der Waals surface area (Å²) in [5, 5.41) is 14.8. The van der Waals surface area contributed by atoms with Crippen LogP contribution in [0.15, 0.2) is 35.0 Å². The normalized spacial score (nSPS) is 10.7. The van der Waals surface area contributed by atoms with Gasteiger partial charge in [-0.05, 0) is 40.1 Å². The second-order valence-corrected chi connectivity index (χ2v) is 4.81. The first kappa shape index (κ1) is 11.0. The van der Waals surface area contributed by atoms with E-state index < -0.39 is 0 Å². The van der Waals surface area contributed by atoms with E-state index in [0.717, 1.165) is 16.5 Å². The Kier molecular flexibility index (Phi) is 2.60. The molecule has 0 saturated heterocycles. The topological polar surface area (TPSA) is 57.8 Å². The van der Waals surface area contributed by atoms with Crippen molar-refractivity contribution >= 4 is 34.0 Å². The van der Waals surface area contributed by atoms with E-state index in [1.807, 2.05) is 18.2 Å². The van der Waals surface area contributed by atoms with Crippen LogP contribution < -0.4 is 5.32 Å². The van der Waals surface area contributed by atoms with Gasteiger partial charge < -0.3 is 5.32 Å². The summed E-state index contributed by atoms with van der Waals surface area (Å²) in [7, 11) is 0. The van der Waals surface area contributed by atoms with Crippen molar-refractivity contribution in [2.24, 2.45) is 0 Å². The molecule has 0 radical (unpaired) electrons. The summed E-state index contributed by atoms with van der Waals surface area (Å²) in [5.74, 6) is 0.458. The smallest absolute Gasteiger partial charge is 0.222 e. The number of fused-ring (bicyclic) bond motifs is 1. The molecule has 3 aromatic rings. The zero-order valence-corrected chi connectivity index (χ0v) is 10.5. The maximum absolute atomic E-state index is 11.0. The van der Waals surface area contributed by atoms with Gasteiger partial charge in [-0.2, -0.15) is 16.4 Å². The fourth-order valence-electron chi connectivity index (χ4n) is 1.89. The third-order valence-electron chi connectivity index (χ3n) is 2.71. The fraction of sp³-hybridized carbons (Fsp3) is 0.0769. The van der Waals surface area contributed by atoms with Gasteiger partial charge >= 0.3 is 0 Å². The second kappa shape index (κ2) is 4.27. The molecule has 0 spiro atoms. The van der Waals surface area contributed by atoms with Crippen molar-refractivity contribution in [2.75, 3.05) is 5.32 Å². The molecule has 90 valence electrons. The Morgan fingerprint density at radius 3 is 2.94 bits per heavy atom. The molecular formula is C13H11N3OS. The number of aromatic amines is 1. The Morgan fingerprint density at radius 2 is 2.22 bits per heavy atom. The number of H-pyrrole nitrogens is 1. The fourth-order valence-corrected chi connectivity index (χ4v) is 2.55. The molecular weight excluding hydrogens is 246 g/mol. The number of aromatic nitrogens is 2. The van der Waals surface area contributed by atoms with E-state index in [2.05, 4.69) is 32.3 Å². The second-order valence-electron chi connectivity index (χ2n) is 4.03. The standard InChI is InChI=1S/C13H11N3OS/c1-8(17)14-13-11-3-2-9(6-12(11)15-16-13)10-4-5-18-7-10/h2-7H,1H3,(H2,14,15,16,17). The van der Waals surface area contributed by atoms with E-state index in [9.17, 15) is 4.79 Å². The number of nitrogens with zero attached hydrogens (tertiary/aromatic N) is 1. The molecule has 0 aliphatic heterocycles. The van der Waals surface area contributed by atoms with Crippen LogP contribution in [0.1, 0.15) is 6.92 Å². The van der Waals surface area contributed by atoms with E-state index in [4.69, 9.17) is 0 Å². The number of carbonyl (C=O) groups excluding carboxylic acids is 1. The summed E-state index contributed by atoms with van der Waals surface area (Å²) in [6, 6.07) is 8.12. The highest BCUT2D eigenvalue weighted by Gasteiger charge is 2.08. The summed E-state index contributed by atoms with van der Waals surface area (Å²) >= 11 is 1.67. The number of thiophene rings is 1. The lowest BCUT2D eigenvalue weighted by Crippen LogP contribution is -2.06. The molecule has 2 heterocycles.